The number of nitrogens with two attached hydrogens (primary N) is 1. The Balaban J connectivity index is 1.92. The van der Waals surface area contributed by atoms with Gasteiger partial charge in [0, 0.05) is 0 Å². The minimum absolute atomic E-state index is 0.0996. The van der Waals surface area contributed by atoms with Crippen molar-refractivity contribution < 1.29 is 14.3 Å². The van der Waals surface area contributed by atoms with E-state index in [-0.39, 0.29) is 11.5 Å². The molecule has 0 aliphatic rings. The third-order valence-electron chi connectivity index (χ3n) is 4.22. The van der Waals surface area contributed by atoms with Crippen LogP contribution in [0.5, 0.6) is 5.75 Å². The van der Waals surface area contributed by atoms with E-state index in [0.29, 0.717) is 24.5 Å². The van der Waals surface area contributed by atoms with Gasteiger partial charge in [0.25, 0.3) is 11.8 Å². The van der Waals surface area contributed by atoms with Crippen molar-refractivity contribution in [2.24, 2.45) is 5.73 Å². The molecule has 0 radical (unpaired) electrons. The molecule has 8 nitrogen and oxygen atoms in total. The number of hydrogen-bond donors (Lipinski definition) is 2. The van der Waals surface area contributed by atoms with Gasteiger partial charge >= 0.3 is 0 Å². The molecule has 0 aliphatic carbocycles. The van der Waals surface area contributed by atoms with Crippen LogP contribution in [0.2, 0.25) is 0 Å². The maximum absolute atomic E-state index is 13.0. The molecule has 0 atom stereocenters. The zero-order valence-corrected chi connectivity index (χ0v) is 16.4. The molecule has 1 aromatic heterocycles. The summed E-state index contributed by atoms with van der Waals surface area (Å²) in [5.74, 6) is -0.582. The number of anilines is 1. The summed E-state index contributed by atoms with van der Waals surface area (Å²) in [5.41, 5.74) is 7.58. The molecule has 150 valence electrons. The molecule has 3 rings (SSSR count). The van der Waals surface area contributed by atoms with Gasteiger partial charge in [-0.2, -0.15) is 0 Å². The second-order valence-corrected chi connectivity index (χ2v) is 6.60. The first kappa shape index (κ1) is 20.1. The molecule has 2 amide bonds. The lowest BCUT2D eigenvalue weighted by Crippen LogP contribution is -2.21. The van der Waals surface area contributed by atoms with Crippen molar-refractivity contribution in [1.82, 2.24) is 15.0 Å². The molecule has 0 aliphatic heterocycles. The molecule has 2 aromatic carbocycles. The van der Waals surface area contributed by atoms with E-state index in [9.17, 15) is 9.59 Å². The van der Waals surface area contributed by atoms with Gasteiger partial charge in [-0.15, -0.1) is 5.10 Å². The lowest BCUT2D eigenvalue weighted by molar-refractivity contribution is 0.0996. The van der Waals surface area contributed by atoms with Crippen LogP contribution in [0.25, 0.3) is 0 Å². The lowest BCUT2D eigenvalue weighted by atomic mass is 10.1. The Labute approximate surface area is 168 Å². The van der Waals surface area contributed by atoms with Crippen molar-refractivity contribution in [1.29, 1.82) is 0 Å². The zero-order chi connectivity index (χ0) is 20.8. The summed E-state index contributed by atoms with van der Waals surface area (Å²) in [6.07, 6.45) is 0.814. The molecule has 0 bridgehead atoms. The van der Waals surface area contributed by atoms with Crippen molar-refractivity contribution in [3.8, 4) is 5.75 Å². The molecule has 0 saturated heterocycles. The maximum atomic E-state index is 13.0. The maximum Gasteiger partial charge on any atom is 0.273 e. The molecular weight excluding hydrogens is 370 g/mol. The molecule has 0 saturated carbocycles. The number of carbonyl (C=O) groups excluding carboxylic acids is 2. The van der Waals surface area contributed by atoms with Crippen LogP contribution in [0.15, 0.2) is 48.5 Å². The smallest absolute Gasteiger partial charge is 0.273 e. The summed E-state index contributed by atoms with van der Waals surface area (Å²) in [5, 5.41) is 10.6. The summed E-state index contributed by atoms with van der Waals surface area (Å²) >= 11 is 0. The summed E-state index contributed by atoms with van der Waals surface area (Å²) in [7, 11) is 0. The number of rotatable bonds is 8. The van der Waals surface area contributed by atoms with Crippen molar-refractivity contribution in [2.45, 2.75) is 26.8 Å². The third-order valence-corrected chi connectivity index (χ3v) is 4.22. The number of hydrogen-bond acceptors (Lipinski definition) is 5. The van der Waals surface area contributed by atoms with Crippen LogP contribution in [-0.4, -0.2) is 33.4 Å². The quantitative estimate of drug-likeness (QED) is 0.611. The van der Waals surface area contributed by atoms with Gasteiger partial charge in [-0.05, 0) is 36.6 Å². The van der Waals surface area contributed by atoms with Crippen molar-refractivity contribution in [2.75, 3.05) is 11.9 Å². The number of aryl methyl sites for hydroxylation is 1. The number of nitrogens with one attached hydrogen (secondary N) is 1. The van der Waals surface area contributed by atoms with Gasteiger partial charge in [-0.1, -0.05) is 48.5 Å². The first-order chi connectivity index (χ1) is 14.0. The van der Waals surface area contributed by atoms with Crippen molar-refractivity contribution >= 4 is 17.6 Å². The van der Waals surface area contributed by atoms with E-state index in [1.165, 1.54) is 4.68 Å². The first-order valence-electron chi connectivity index (χ1n) is 9.31. The van der Waals surface area contributed by atoms with Crippen LogP contribution >= 0.6 is 0 Å². The fraction of sp³-hybridized carbons (Fsp3) is 0.238. The number of amides is 2. The van der Waals surface area contributed by atoms with E-state index >= 15 is 0 Å². The summed E-state index contributed by atoms with van der Waals surface area (Å²) in [6, 6.07) is 14.8. The molecular formula is C21H23N5O3. The van der Waals surface area contributed by atoms with Crippen LogP contribution in [-0.2, 0) is 6.54 Å². The summed E-state index contributed by atoms with van der Waals surface area (Å²) < 4.78 is 7.16. The summed E-state index contributed by atoms with van der Waals surface area (Å²) in [6.45, 7) is 4.72. The minimum atomic E-state index is -0.772. The van der Waals surface area contributed by atoms with Gasteiger partial charge in [0.15, 0.2) is 11.5 Å². The number of aromatic nitrogens is 3. The number of ether oxygens (including phenoxy) is 1. The Morgan fingerprint density at radius 2 is 1.93 bits per heavy atom. The van der Waals surface area contributed by atoms with Crippen LogP contribution in [0.3, 0.4) is 0 Å². The predicted octanol–water partition coefficient (Wildman–Crippen LogP) is 2.77. The van der Waals surface area contributed by atoms with E-state index in [4.69, 9.17) is 10.5 Å². The van der Waals surface area contributed by atoms with Crippen LogP contribution in [0.1, 0.15) is 45.3 Å². The molecule has 1 heterocycles. The standard InChI is InChI=1S/C21H23N5O3/c1-3-11-29-17-12-14(2)9-10-16(17)21(28)23-20-18(19(22)27)24-25-26(20)13-15-7-5-4-6-8-15/h4-10,12H,3,11,13H2,1-2H3,(H2,22,27)(H,23,28). The highest BCUT2D eigenvalue weighted by molar-refractivity contribution is 6.08. The SMILES string of the molecule is CCCOc1cc(C)ccc1C(=O)Nc1c(C(N)=O)nnn1Cc1ccccc1. The fourth-order valence-electron chi connectivity index (χ4n) is 2.79. The molecule has 0 fully saturated rings. The average molecular weight is 393 g/mol. The highest BCUT2D eigenvalue weighted by Gasteiger charge is 2.22. The van der Waals surface area contributed by atoms with Crippen molar-refractivity contribution in [3.63, 3.8) is 0 Å². The molecule has 3 aromatic rings. The Bertz CT molecular complexity index is 1010. The van der Waals surface area contributed by atoms with Gasteiger partial charge < -0.3 is 15.8 Å². The number of carbonyl (C=O) groups is 2. The van der Waals surface area contributed by atoms with Crippen molar-refractivity contribution in [3.05, 3.63) is 70.9 Å². The molecule has 29 heavy (non-hydrogen) atoms. The van der Waals surface area contributed by atoms with Gasteiger partial charge in [0.1, 0.15) is 5.75 Å². The topological polar surface area (TPSA) is 112 Å². The fourth-order valence-corrected chi connectivity index (χ4v) is 2.79. The molecule has 3 N–H and O–H groups in total. The number of nitrogens with zero attached hydrogens (tertiary/aromatic N) is 3. The minimum Gasteiger partial charge on any atom is -0.493 e. The summed E-state index contributed by atoms with van der Waals surface area (Å²) in [4.78, 5) is 24.8. The van der Waals surface area contributed by atoms with Gasteiger partial charge in [-0.25, -0.2) is 4.68 Å². The molecule has 8 heteroatoms. The van der Waals surface area contributed by atoms with Crippen LogP contribution in [0, 0.1) is 6.92 Å². The highest BCUT2D eigenvalue weighted by Crippen LogP contribution is 2.23. The third kappa shape index (κ3) is 4.78. The zero-order valence-electron chi connectivity index (χ0n) is 16.4. The second kappa shape index (κ2) is 9.01. The Morgan fingerprint density at radius 1 is 1.17 bits per heavy atom. The van der Waals surface area contributed by atoms with E-state index < -0.39 is 11.8 Å². The van der Waals surface area contributed by atoms with Gasteiger partial charge in [0.2, 0.25) is 0 Å². The number of benzene rings is 2. The van der Waals surface area contributed by atoms with Crippen LogP contribution < -0.4 is 15.8 Å². The van der Waals surface area contributed by atoms with E-state index in [2.05, 4.69) is 15.6 Å². The normalized spacial score (nSPS) is 10.6. The Hall–Kier alpha value is -3.68. The van der Waals surface area contributed by atoms with Gasteiger partial charge in [0.05, 0.1) is 18.7 Å². The van der Waals surface area contributed by atoms with E-state index in [1.54, 1.807) is 12.1 Å². The van der Waals surface area contributed by atoms with Gasteiger partial charge in [-0.3, -0.25) is 9.59 Å². The predicted molar refractivity (Wildman–Crippen MR) is 109 cm³/mol. The Morgan fingerprint density at radius 3 is 2.62 bits per heavy atom. The monoisotopic (exact) mass is 393 g/mol. The Kier molecular flexibility index (Phi) is 6.23. The average Bonchev–Trinajstić information content (AvgIpc) is 3.09. The highest BCUT2D eigenvalue weighted by atomic mass is 16.5. The number of primary amides is 1. The molecule has 0 spiro atoms. The van der Waals surface area contributed by atoms with E-state index in [0.717, 1.165) is 17.5 Å². The largest absolute Gasteiger partial charge is 0.493 e. The van der Waals surface area contributed by atoms with Crippen LogP contribution in [0.4, 0.5) is 5.82 Å². The van der Waals surface area contributed by atoms with E-state index in [1.807, 2.05) is 50.2 Å². The second-order valence-electron chi connectivity index (χ2n) is 6.60. The lowest BCUT2D eigenvalue weighted by Gasteiger charge is -2.13. The first-order valence-corrected chi connectivity index (χ1v) is 9.31. The molecule has 0 unspecified atom stereocenters.